The van der Waals surface area contributed by atoms with Gasteiger partial charge in [0.05, 0.1) is 29.8 Å². The lowest BCUT2D eigenvalue weighted by Gasteiger charge is -2.40. The van der Waals surface area contributed by atoms with Gasteiger partial charge in [-0.2, -0.15) is 0 Å². The van der Waals surface area contributed by atoms with E-state index >= 15 is 0 Å². The van der Waals surface area contributed by atoms with Gasteiger partial charge in [-0.3, -0.25) is 14.4 Å². The van der Waals surface area contributed by atoms with E-state index in [-0.39, 0.29) is 42.1 Å². The zero-order chi connectivity index (χ0) is 27.6. The van der Waals surface area contributed by atoms with Crippen molar-refractivity contribution in [1.82, 2.24) is 4.90 Å². The third-order valence-corrected chi connectivity index (χ3v) is 10.5. The predicted octanol–water partition coefficient (Wildman–Crippen LogP) is 4.05. The summed E-state index contributed by atoms with van der Waals surface area (Å²) < 4.78 is 4.92. The number of likely N-dealkylation sites (tertiary alicyclic amines) is 1. The number of hydrogen-bond acceptors (Lipinski definition) is 6. The molecule has 2 amide bonds. The molecule has 38 heavy (non-hydrogen) atoms. The molecule has 2 bridgehead atoms. The Labute approximate surface area is 230 Å². The number of carbonyl (C=O) groups excluding carboxylic acids is 3. The molecule has 3 fully saturated rings. The summed E-state index contributed by atoms with van der Waals surface area (Å²) >= 11 is 1.62. The van der Waals surface area contributed by atoms with Gasteiger partial charge in [-0.05, 0) is 56.6 Å². The Bertz CT molecular complexity index is 1090. The average Bonchev–Trinajstić information content (AvgIpc) is 3.47. The Balaban J connectivity index is 1.71. The minimum absolute atomic E-state index is 0.0451. The molecule has 3 aliphatic heterocycles. The maximum absolute atomic E-state index is 14.6. The van der Waals surface area contributed by atoms with E-state index in [1.165, 1.54) is 4.90 Å². The molecule has 0 aliphatic carbocycles. The largest absolute Gasteiger partial charge is 0.465 e. The Morgan fingerprint density at radius 2 is 1.95 bits per heavy atom. The summed E-state index contributed by atoms with van der Waals surface area (Å²) in [7, 11) is 0. The number of thioether (sulfide) groups is 1. The third kappa shape index (κ3) is 4.60. The van der Waals surface area contributed by atoms with Crippen LogP contribution in [0.1, 0.15) is 43.7 Å². The van der Waals surface area contributed by atoms with Gasteiger partial charge < -0.3 is 19.6 Å². The molecule has 1 N–H and O–H groups in total. The molecule has 0 radical (unpaired) electrons. The number of esters is 1. The van der Waals surface area contributed by atoms with Gasteiger partial charge in [0.15, 0.2) is 0 Å². The Morgan fingerprint density at radius 3 is 2.58 bits per heavy atom. The first-order chi connectivity index (χ1) is 18.2. The van der Waals surface area contributed by atoms with Crippen molar-refractivity contribution in [3.05, 3.63) is 54.6 Å². The number of fused-ring (bicyclic) bond motifs is 1. The van der Waals surface area contributed by atoms with Gasteiger partial charge in [-0.1, -0.05) is 37.3 Å². The quantitative estimate of drug-likeness (QED) is 0.245. The van der Waals surface area contributed by atoms with E-state index in [0.29, 0.717) is 13.2 Å². The van der Waals surface area contributed by atoms with E-state index in [2.05, 4.69) is 20.1 Å². The van der Waals surface area contributed by atoms with E-state index < -0.39 is 22.6 Å². The van der Waals surface area contributed by atoms with Crippen LogP contribution in [0, 0.1) is 31.6 Å². The lowest BCUT2D eigenvalue weighted by molar-refractivity contribution is -0.154. The SMILES string of the molecule is C=CCCCCOC(=O)[C@@H]1[C@@H]2CC(C)C3(S2)C(C(=O)N(CC=C)c2c(C)cccc2C)N(CCO)C(=O)[C@H]13. The van der Waals surface area contributed by atoms with Crippen molar-refractivity contribution < 1.29 is 24.2 Å². The summed E-state index contributed by atoms with van der Waals surface area (Å²) in [5.41, 5.74) is 2.73. The fraction of sp³-hybridized carbons (Fsp3) is 0.567. The number of amides is 2. The monoisotopic (exact) mass is 540 g/mol. The van der Waals surface area contributed by atoms with Crippen LogP contribution in [-0.4, -0.2) is 70.1 Å². The number of unbranched alkanes of at least 4 members (excludes halogenated alkanes) is 2. The van der Waals surface area contributed by atoms with Gasteiger partial charge in [0, 0.05) is 24.0 Å². The number of β-amino-alcohol motifs (C(OH)–C–C–N with tert-alkyl or cyclic N) is 1. The first-order valence-electron chi connectivity index (χ1n) is 13.6. The van der Waals surface area contributed by atoms with Crippen LogP contribution in [0.4, 0.5) is 5.69 Å². The van der Waals surface area contributed by atoms with Crippen molar-refractivity contribution in [2.75, 3.05) is 31.2 Å². The Kier molecular flexibility index (Phi) is 8.72. The maximum atomic E-state index is 14.6. The van der Waals surface area contributed by atoms with Crippen LogP contribution in [-0.2, 0) is 19.1 Å². The van der Waals surface area contributed by atoms with Crippen molar-refractivity contribution in [2.24, 2.45) is 17.8 Å². The number of allylic oxidation sites excluding steroid dienone is 1. The molecule has 3 unspecified atom stereocenters. The highest BCUT2D eigenvalue weighted by Gasteiger charge is 2.76. The fourth-order valence-electron chi connectivity index (χ4n) is 6.87. The first kappa shape index (κ1) is 28.4. The summed E-state index contributed by atoms with van der Waals surface area (Å²) in [6.45, 7) is 14.0. The van der Waals surface area contributed by atoms with Crippen LogP contribution < -0.4 is 4.90 Å². The van der Waals surface area contributed by atoms with Crippen molar-refractivity contribution in [3.63, 3.8) is 0 Å². The molecule has 3 aliphatic rings. The van der Waals surface area contributed by atoms with E-state index in [1.54, 1.807) is 22.7 Å². The van der Waals surface area contributed by atoms with Crippen LogP contribution in [0.15, 0.2) is 43.5 Å². The molecule has 0 saturated carbocycles. The molecule has 7 nitrogen and oxygen atoms in total. The molecular formula is C30H40N2O5S. The molecule has 3 heterocycles. The Hall–Kier alpha value is -2.58. The van der Waals surface area contributed by atoms with Crippen molar-refractivity contribution >= 4 is 35.2 Å². The second kappa shape index (κ2) is 11.7. The maximum Gasteiger partial charge on any atom is 0.310 e. The Morgan fingerprint density at radius 1 is 1.24 bits per heavy atom. The van der Waals surface area contributed by atoms with Crippen LogP contribution in [0.3, 0.4) is 0 Å². The highest BCUT2D eigenvalue weighted by Crippen LogP contribution is 2.68. The fourth-order valence-corrected chi connectivity index (χ4v) is 9.28. The van der Waals surface area contributed by atoms with E-state index in [4.69, 9.17) is 4.74 Å². The molecule has 1 spiro atoms. The normalized spacial score (nSPS) is 29.3. The van der Waals surface area contributed by atoms with E-state index in [9.17, 15) is 19.5 Å². The van der Waals surface area contributed by atoms with Crippen molar-refractivity contribution in [1.29, 1.82) is 0 Å². The number of aliphatic hydroxyl groups is 1. The standard InChI is InChI=1S/C30H40N2O5S/c1-6-8-9-10-17-37-29(36)23-22-18-21(5)30(38-22)24(23)27(34)32(15-16-33)26(30)28(35)31(14-7-2)25-19(3)12-11-13-20(25)4/h6-7,11-13,21-24,26,33H,1-2,8-10,14-18H2,3-5H3/t21?,22-,23+,24-,26?,30?/m0/s1. The lowest BCUT2D eigenvalue weighted by Crippen LogP contribution is -2.57. The zero-order valence-electron chi connectivity index (χ0n) is 22.7. The van der Waals surface area contributed by atoms with Crippen LogP contribution in [0.5, 0.6) is 0 Å². The summed E-state index contributed by atoms with van der Waals surface area (Å²) in [6, 6.07) is 5.11. The summed E-state index contributed by atoms with van der Waals surface area (Å²) in [5, 5.41) is 9.84. The number of nitrogens with zero attached hydrogens (tertiary/aromatic N) is 2. The highest BCUT2D eigenvalue weighted by molar-refractivity contribution is 8.02. The molecule has 3 saturated heterocycles. The minimum atomic E-state index is -0.790. The van der Waals surface area contributed by atoms with E-state index in [0.717, 1.165) is 42.5 Å². The van der Waals surface area contributed by atoms with Crippen LogP contribution in [0.2, 0.25) is 0 Å². The number of aryl methyl sites for hydroxylation is 2. The van der Waals surface area contributed by atoms with Crippen molar-refractivity contribution in [3.8, 4) is 0 Å². The first-order valence-corrected chi connectivity index (χ1v) is 14.5. The van der Waals surface area contributed by atoms with E-state index in [1.807, 2.05) is 38.1 Å². The number of anilines is 1. The number of carbonyl (C=O) groups is 3. The summed E-state index contributed by atoms with van der Waals surface area (Å²) in [6.07, 6.45) is 6.78. The molecule has 8 heteroatoms. The summed E-state index contributed by atoms with van der Waals surface area (Å²) in [4.78, 5) is 45.2. The molecule has 4 rings (SSSR count). The smallest absolute Gasteiger partial charge is 0.310 e. The number of aliphatic hydroxyl groups excluding tert-OH is 1. The van der Waals surface area contributed by atoms with Gasteiger partial charge in [0.25, 0.3) is 5.91 Å². The topological polar surface area (TPSA) is 87.2 Å². The number of hydrogen-bond donors (Lipinski definition) is 1. The molecule has 206 valence electrons. The average molecular weight is 541 g/mol. The molecule has 6 atom stereocenters. The third-order valence-electron chi connectivity index (χ3n) is 8.43. The zero-order valence-corrected chi connectivity index (χ0v) is 23.5. The van der Waals surface area contributed by atoms with Gasteiger partial charge in [-0.25, -0.2) is 0 Å². The lowest BCUT2D eigenvalue weighted by atomic mass is 9.66. The minimum Gasteiger partial charge on any atom is -0.465 e. The molecule has 0 aromatic heterocycles. The molecular weight excluding hydrogens is 500 g/mol. The number of para-hydroxylation sites is 1. The predicted molar refractivity (Wildman–Crippen MR) is 151 cm³/mol. The van der Waals surface area contributed by atoms with Crippen LogP contribution in [0.25, 0.3) is 0 Å². The number of benzene rings is 1. The second-order valence-corrected chi connectivity index (χ2v) is 12.3. The molecule has 1 aromatic rings. The van der Waals surface area contributed by atoms with Gasteiger partial charge in [0.2, 0.25) is 5.91 Å². The van der Waals surface area contributed by atoms with Gasteiger partial charge in [0.1, 0.15) is 6.04 Å². The molecule has 1 aromatic carbocycles. The van der Waals surface area contributed by atoms with Crippen molar-refractivity contribution in [2.45, 2.75) is 62.5 Å². The van der Waals surface area contributed by atoms with Crippen LogP contribution >= 0.6 is 11.8 Å². The van der Waals surface area contributed by atoms with Gasteiger partial charge in [-0.15, -0.1) is 24.9 Å². The second-order valence-electron chi connectivity index (χ2n) is 10.7. The number of rotatable bonds is 12. The highest BCUT2D eigenvalue weighted by atomic mass is 32.2. The number of ether oxygens (including phenoxy) is 1. The summed E-state index contributed by atoms with van der Waals surface area (Å²) in [5.74, 6) is -1.95. The van der Waals surface area contributed by atoms with Gasteiger partial charge >= 0.3 is 5.97 Å².